The molecule has 0 spiro atoms. The summed E-state index contributed by atoms with van der Waals surface area (Å²) in [7, 11) is 0. The Morgan fingerprint density at radius 1 is 1.38 bits per heavy atom. The molecule has 4 heteroatoms. The second-order valence-corrected chi connectivity index (χ2v) is 2.47. The van der Waals surface area contributed by atoms with Gasteiger partial charge >= 0.3 is 0 Å². The molecule has 13 heavy (non-hydrogen) atoms. The lowest BCUT2D eigenvalue weighted by Crippen LogP contribution is -1.96. The summed E-state index contributed by atoms with van der Waals surface area (Å²) in [5.41, 5.74) is 0.552. The predicted molar refractivity (Wildman–Crippen MR) is 46.1 cm³/mol. The zero-order chi connectivity index (χ0) is 9.10. The van der Waals surface area contributed by atoms with Crippen LogP contribution in [0.2, 0.25) is 0 Å². The Kier molecular flexibility index (Phi) is 1.77. The molecular formula is C9H6N4. The van der Waals surface area contributed by atoms with Crippen molar-refractivity contribution in [2.75, 3.05) is 0 Å². The van der Waals surface area contributed by atoms with E-state index in [-0.39, 0.29) is 0 Å². The van der Waals surface area contributed by atoms with Crippen LogP contribution in [0.5, 0.6) is 0 Å². The summed E-state index contributed by atoms with van der Waals surface area (Å²) < 4.78 is 1.64. The van der Waals surface area contributed by atoms with Crippen LogP contribution in [0.25, 0.3) is 5.82 Å². The van der Waals surface area contributed by atoms with Crippen LogP contribution >= 0.6 is 0 Å². The monoisotopic (exact) mass is 170 g/mol. The molecule has 0 aliphatic heterocycles. The van der Waals surface area contributed by atoms with Crippen molar-refractivity contribution in [2.45, 2.75) is 0 Å². The fourth-order valence-electron chi connectivity index (χ4n) is 0.992. The highest BCUT2D eigenvalue weighted by Crippen LogP contribution is 2.02. The summed E-state index contributed by atoms with van der Waals surface area (Å²) >= 11 is 0. The van der Waals surface area contributed by atoms with Gasteiger partial charge in [-0.25, -0.2) is 9.67 Å². The van der Waals surface area contributed by atoms with Crippen LogP contribution in [0.4, 0.5) is 0 Å². The highest BCUT2D eigenvalue weighted by Gasteiger charge is 1.96. The Hall–Kier alpha value is -2.15. The molecule has 2 aromatic heterocycles. The summed E-state index contributed by atoms with van der Waals surface area (Å²) in [5, 5.41) is 12.6. The molecule has 0 bridgehead atoms. The van der Waals surface area contributed by atoms with Crippen LogP contribution < -0.4 is 0 Å². The average molecular weight is 170 g/mol. The second-order valence-electron chi connectivity index (χ2n) is 2.47. The minimum atomic E-state index is 0.552. The van der Waals surface area contributed by atoms with Crippen LogP contribution in [0.1, 0.15) is 5.56 Å². The number of pyridine rings is 1. The summed E-state index contributed by atoms with van der Waals surface area (Å²) in [6.45, 7) is 0. The molecule has 0 atom stereocenters. The van der Waals surface area contributed by atoms with Crippen LogP contribution in [0.15, 0.2) is 36.8 Å². The molecule has 0 unspecified atom stereocenters. The molecule has 2 aromatic rings. The molecule has 62 valence electrons. The fourth-order valence-corrected chi connectivity index (χ4v) is 0.992. The SMILES string of the molecule is N#Cc1ccc(-n2cccn2)nc1. The van der Waals surface area contributed by atoms with E-state index in [1.807, 2.05) is 12.1 Å². The number of aromatic nitrogens is 3. The van der Waals surface area contributed by atoms with Crippen molar-refractivity contribution in [1.82, 2.24) is 14.8 Å². The van der Waals surface area contributed by atoms with Gasteiger partial charge in [-0.3, -0.25) is 0 Å². The maximum absolute atomic E-state index is 8.55. The maximum atomic E-state index is 8.55. The van der Waals surface area contributed by atoms with Gasteiger partial charge in [-0.15, -0.1) is 0 Å². The lowest BCUT2D eigenvalue weighted by Gasteiger charge is -1.97. The first kappa shape index (κ1) is 7.50. The molecule has 2 rings (SSSR count). The van der Waals surface area contributed by atoms with Gasteiger partial charge in [-0.2, -0.15) is 10.4 Å². The molecule has 0 saturated carbocycles. The molecule has 0 N–H and O–H groups in total. The normalized spacial score (nSPS) is 9.46. The Labute approximate surface area is 75.1 Å². The minimum Gasteiger partial charge on any atom is -0.236 e. The number of nitriles is 1. The third kappa shape index (κ3) is 1.40. The van der Waals surface area contributed by atoms with E-state index < -0.39 is 0 Å². The van der Waals surface area contributed by atoms with Crippen molar-refractivity contribution < 1.29 is 0 Å². The van der Waals surface area contributed by atoms with Crippen molar-refractivity contribution in [3.05, 3.63) is 42.4 Å². The molecule has 0 aliphatic carbocycles. The third-order valence-electron chi connectivity index (χ3n) is 1.62. The number of hydrogen-bond acceptors (Lipinski definition) is 3. The van der Waals surface area contributed by atoms with E-state index in [1.54, 1.807) is 29.2 Å². The van der Waals surface area contributed by atoms with Gasteiger partial charge in [-0.1, -0.05) is 0 Å². The van der Waals surface area contributed by atoms with Gasteiger partial charge in [-0.05, 0) is 18.2 Å². The second kappa shape index (κ2) is 3.07. The Morgan fingerprint density at radius 2 is 2.31 bits per heavy atom. The maximum Gasteiger partial charge on any atom is 0.153 e. The van der Waals surface area contributed by atoms with E-state index in [4.69, 9.17) is 5.26 Å². The Bertz CT molecular complexity index is 422. The van der Waals surface area contributed by atoms with Gasteiger partial charge in [0.15, 0.2) is 5.82 Å². The molecule has 0 aromatic carbocycles. The highest BCUT2D eigenvalue weighted by molar-refractivity contribution is 5.31. The molecule has 4 nitrogen and oxygen atoms in total. The molecule has 0 saturated heterocycles. The average Bonchev–Trinajstić information content (AvgIpc) is 2.71. The number of hydrogen-bond donors (Lipinski definition) is 0. The molecule has 0 aliphatic rings. The van der Waals surface area contributed by atoms with E-state index >= 15 is 0 Å². The van der Waals surface area contributed by atoms with Gasteiger partial charge in [0.1, 0.15) is 6.07 Å². The first-order valence-corrected chi connectivity index (χ1v) is 3.76. The van der Waals surface area contributed by atoms with Gasteiger partial charge < -0.3 is 0 Å². The molecule has 0 fully saturated rings. The van der Waals surface area contributed by atoms with E-state index in [0.29, 0.717) is 11.4 Å². The van der Waals surface area contributed by atoms with Crippen molar-refractivity contribution in [3.8, 4) is 11.9 Å². The Morgan fingerprint density at radius 3 is 2.85 bits per heavy atom. The van der Waals surface area contributed by atoms with Crippen LogP contribution in [-0.2, 0) is 0 Å². The van der Waals surface area contributed by atoms with Crippen molar-refractivity contribution in [1.29, 1.82) is 5.26 Å². The zero-order valence-corrected chi connectivity index (χ0v) is 6.75. The smallest absolute Gasteiger partial charge is 0.153 e. The summed E-state index contributed by atoms with van der Waals surface area (Å²) in [6.07, 6.45) is 5.01. The first-order chi connectivity index (χ1) is 6.40. The topological polar surface area (TPSA) is 54.5 Å². The fraction of sp³-hybridized carbons (Fsp3) is 0. The summed E-state index contributed by atoms with van der Waals surface area (Å²) in [4.78, 5) is 4.07. The van der Waals surface area contributed by atoms with Gasteiger partial charge in [0.05, 0.1) is 5.56 Å². The van der Waals surface area contributed by atoms with Crippen LogP contribution in [0, 0.1) is 11.3 Å². The van der Waals surface area contributed by atoms with Gasteiger partial charge in [0.25, 0.3) is 0 Å². The highest BCUT2D eigenvalue weighted by atomic mass is 15.3. The van der Waals surface area contributed by atoms with Crippen molar-refractivity contribution >= 4 is 0 Å². The summed E-state index contributed by atoms with van der Waals surface area (Å²) in [5.74, 6) is 0.712. The quantitative estimate of drug-likeness (QED) is 0.644. The molecule has 0 radical (unpaired) electrons. The third-order valence-corrected chi connectivity index (χ3v) is 1.62. The van der Waals surface area contributed by atoms with Crippen molar-refractivity contribution in [2.24, 2.45) is 0 Å². The van der Waals surface area contributed by atoms with Gasteiger partial charge in [0, 0.05) is 18.6 Å². The number of rotatable bonds is 1. The standard InChI is InChI=1S/C9H6N4/c10-6-8-2-3-9(11-7-8)13-5-1-4-12-13/h1-5,7H. The zero-order valence-electron chi connectivity index (χ0n) is 6.75. The van der Waals surface area contributed by atoms with E-state index in [9.17, 15) is 0 Å². The van der Waals surface area contributed by atoms with Crippen LogP contribution in [0.3, 0.4) is 0 Å². The van der Waals surface area contributed by atoms with Gasteiger partial charge in [0.2, 0.25) is 0 Å². The lowest BCUT2D eigenvalue weighted by molar-refractivity contribution is 0.846. The number of nitrogens with zero attached hydrogens (tertiary/aromatic N) is 4. The first-order valence-electron chi connectivity index (χ1n) is 3.76. The summed E-state index contributed by atoms with van der Waals surface area (Å²) in [6, 6.07) is 7.29. The van der Waals surface area contributed by atoms with E-state index in [2.05, 4.69) is 10.1 Å². The van der Waals surface area contributed by atoms with Crippen LogP contribution in [-0.4, -0.2) is 14.8 Å². The van der Waals surface area contributed by atoms with Crippen molar-refractivity contribution in [3.63, 3.8) is 0 Å². The lowest BCUT2D eigenvalue weighted by atomic mass is 10.3. The molecular weight excluding hydrogens is 164 g/mol. The van der Waals surface area contributed by atoms with E-state index in [0.717, 1.165) is 0 Å². The largest absolute Gasteiger partial charge is 0.236 e. The molecule has 0 amide bonds. The molecule has 2 heterocycles. The Balaban J connectivity index is 2.40. The van der Waals surface area contributed by atoms with E-state index in [1.165, 1.54) is 6.20 Å². The minimum absolute atomic E-state index is 0.552. The predicted octanol–water partition coefficient (Wildman–Crippen LogP) is 1.14.